The molecule has 4 heterocycles. The van der Waals surface area contributed by atoms with Gasteiger partial charge in [-0.05, 0) is 65.3 Å². The number of fused-ring (bicyclic) bond motifs is 2. The number of benzene rings is 2. The minimum absolute atomic E-state index is 0.0896. The summed E-state index contributed by atoms with van der Waals surface area (Å²) in [5.41, 5.74) is 6.64. The maximum Gasteiger partial charge on any atom is 0.410 e. The van der Waals surface area contributed by atoms with Crippen LogP contribution in [0, 0.1) is 6.92 Å². The number of ether oxygens (including phenoxy) is 1. The monoisotopic (exact) mass is 716 g/mol. The van der Waals surface area contributed by atoms with Crippen LogP contribution in [0.3, 0.4) is 0 Å². The fraction of sp³-hybridized carbons (Fsp3) is 0.447. The zero-order chi connectivity index (χ0) is 36.1. The van der Waals surface area contributed by atoms with Crippen molar-refractivity contribution in [3.63, 3.8) is 0 Å². The summed E-state index contributed by atoms with van der Waals surface area (Å²) in [5.74, 6) is 0.326. The lowest BCUT2D eigenvalue weighted by atomic mass is 9.94. The maximum atomic E-state index is 13.7. The molecule has 10 nitrogen and oxygen atoms in total. The average molecular weight is 717 g/mol. The third-order valence-corrected chi connectivity index (χ3v) is 11.1. The molecule has 2 amide bonds. The number of imidazole rings is 1. The van der Waals surface area contributed by atoms with Crippen LogP contribution in [-0.2, 0) is 49.1 Å². The Morgan fingerprint density at radius 1 is 0.980 bits per heavy atom. The van der Waals surface area contributed by atoms with Gasteiger partial charge in [0.2, 0.25) is 11.7 Å². The molecule has 0 N–H and O–H groups in total. The van der Waals surface area contributed by atoms with Gasteiger partial charge in [0.05, 0.1) is 42.6 Å². The van der Waals surface area contributed by atoms with E-state index < -0.39 is 5.60 Å². The first-order valence-electron chi connectivity index (χ1n) is 17.0. The molecule has 0 saturated heterocycles. The molecular weight excluding hydrogens is 672 g/mol. The number of ketones is 1. The molecule has 4 aromatic rings. The number of aromatic nitrogens is 3. The van der Waals surface area contributed by atoms with Crippen molar-refractivity contribution >= 4 is 40.7 Å². The number of halogens is 1. The van der Waals surface area contributed by atoms with Gasteiger partial charge < -0.3 is 19.1 Å². The molecule has 0 atom stereocenters. The van der Waals surface area contributed by atoms with Crippen LogP contribution in [0.1, 0.15) is 78.3 Å². The number of carbonyl (C=O) groups excluding carboxylic acids is 3. The Morgan fingerprint density at radius 2 is 1.66 bits per heavy atom. The van der Waals surface area contributed by atoms with Crippen molar-refractivity contribution in [2.24, 2.45) is 7.05 Å². The van der Waals surface area contributed by atoms with E-state index in [4.69, 9.17) is 26.3 Å². The minimum atomic E-state index is -0.590. The van der Waals surface area contributed by atoms with E-state index in [1.54, 1.807) is 16.2 Å². The van der Waals surface area contributed by atoms with E-state index in [0.717, 1.165) is 49.1 Å². The zero-order valence-corrected chi connectivity index (χ0v) is 31.7. The smallest absolute Gasteiger partial charge is 0.410 e. The average Bonchev–Trinajstić information content (AvgIpc) is 3.73. The molecule has 0 spiro atoms. The summed E-state index contributed by atoms with van der Waals surface area (Å²) in [6.45, 7) is 14.1. The molecule has 2 aromatic carbocycles. The number of Topliss-reactive ketones (excluding diaryl/α,β-unsaturated/α-hetero) is 1. The van der Waals surface area contributed by atoms with Crippen LogP contribution in [0.25, 0.3) is 21.7 Å². The Balaban J connectivity index is 1.18. The molecule has 12 heteroatoms. The van der Waals surface area contributed by atoms with Crippen LogP contribution in [-0.4, -0.2) is 78.8 Å². The second-order valence-corrected chi connectivity index (χ2v) is 16.0. The van der Waals surface area contributed by atoms with Crippen molar-refractivity contribution in [2.75, 3.05) is 20.1 Å². The number of thiazole rings is 1. The Bertz CT molecular complexity index is 1950. The summed E-state index contributed by atoms with van der Waals surface area (Å²) in [7, 11) is 3.82. The van der Waals surface area contributed by atoms with Crippen molar-refractivity contribution < 1.29 is 19.1 Å². The Labute approximate surface area is 303 Å². The number of rotatable bonds is 8. The van der Waals surface area contributed by atoms with Crippen LogP contribution < -0.4 is 0 Å². The SMILES string of the molecule is Cc1c(-c2nc3c(s2)CN(C(=O)CN(C)C(C)C)C3)cccc1-c1cccc(CC(=O)c2nc3c(n2C)CCN(C(=O)OC(C)(C)C)C3)c1Cl. The van der Waals surface area contributed by atoms with Gasteiger partial charge in [0, 0.05) is 54.2 Å². The zero-order valence-electron chi connectivity index (χ0n) is 30.1. The van der Waals surface area contributed by atoms with Gasteiger partial charge in [-0.15, -0.1) is 11.3 Å². The van der Waals surface area contributed by atoms with Gasteiger partial charge in [0.15, 0.2) is 5.82 Å². The highest BCUT2D eigenvalue weighted by Gasteiger charge is 2.31. The first kappa shape index (κ1) is 35.8. The van der Waals surface area contributed by atoms with Crippen LogP contribution >= 0.6 is 22.9 Å². The van der Waals surface area contributed by atoms with E-state index >= 15 is 0 Å². The van der Waals surface area contributed by atoms with E-state index in [0.29, 0.717) is 61.7 Å². The van der Waals surface area contributed by atoms with Gasteiger partial charge in [0.1, 0.15) is 10.6 Å². The molecule has 0 radical (unpaired) electrons. The molecule has 0 unspecified atom stereocenters. The van der Waals surface area contributed by atoms with Crippen molar-refractivity contribution in [2.45, 2.75) is 85.7 Å². The highest BCUT2D eigenvalue weighted by atomic mass is 35.5. The van der Waals surface area contributed by atoms with E-state index in [1.165, 1.54) is 0 Å². The van der Waals surface area contributed by atoms with Crippen LogP contribution in [0.15, 0.2) is 36.4 Å². The predicted octanol–water partition coefficient (Wildman–Crippen LogP) is 7.07. The molecule has 0 bridgehead atoms. The van der Waals surface area contributed by atoms with Crippen molar-refractivity contribution in [3.8, 4) is 21.7 Å². The summed E-state index contributed by atoms with van der Waals surface area (Å²) in [6, 6.07) is 12.2. The molecule has 2 aromatic heterocycles. The lowest BCUT2D eigenvalue weighted by Crippen LogP contribution is -2.40. The van der Waals surface area contributed by atoms with Crippen molar-refractivity contribution in [1.29, 1.82) is 0 Å². The first-order chi connectivity index (χ1) is 23.6. The van der Waals surface area contributed by atoms with E-state index in [1.807, 2.05) is 79.6 Å². The van der Waals surface area contributed by atoms with Crippen LogP contribution in [0.4, 0.5) is 4.79 Å². The van der Waals surface area contributed by atoms with Gasteiger partial charge in [-0.1, -0.05) is 48.0 Å². The maximum absolute atomic E-state index is 13.7. The third-order valence-electron chi connectivity index (χ3n) is 9.51. The Kier molecular flexibility index (Phi) is 9.96. The number of nitrogens with zero attached hydrogens (tertiary/aromatic N) is 6. The lowest BCUT2D eigenvalue weighted by Gasteiger charge is -2.29. The first-order valence-corrected chi connectivity index (χ1v) is 18.2. The summed E-state index contributed by atoms with van der Waals surface area (Å²) in [5, 5.41) is 1.45. The summed E-state index contributed by atoms with van der Waals surface area (Å²) >= 11 is 8.70. The summed E-state index contributed by atoms with van der Waals surface area (Å²) in [6.07, 6.45) is 0.296. The topological polar surface area (TPSA) is 101 Å². The largest absolute Gasteiger partial charge is 0.444 e. The standard InChI is InChI=1S/C38H45ClN6O4S/c1-22(2)42(7)21-33(47)45-19-29-32(20-45)50-36(41-29)26-13-10-12-25(23(26)3)27-14-9-11-24(34(27)39)17-31(46)35-40-28-18-44(16-15-30(28)43(35)8)37(48)49-38(4,5)6/h9-14,22H,15-21H2,1-8H3. The predicted molar refractivity (Wildman–Crippen MR) is 196 cm³/mol. The van der Waals surface area contributed by atoms with E-state index in [2.05, 4.69) is 26.8 Å². The van der Waals surface area contributed by atoms with E-state index in [-0.39, 0.29) is 24.2 Å². The number of amides is 2. The second kappa shape index (κ2) is 13.9. The molecular formula is C38H45ClN6O4S. The number of hydrogen-bond acceptors (Lipinski definition) is 8. The van der Waals surface area contributed by atoms with Gasteiger partial charge in [-0.3, -0.25) is 14.5 Å². The fourth-order valence-electron chi connectivity index (χ4n) is 6.42. The molecule has 264 valence electrons. The number of carbonyl (C=O) groups is 3. The Hall–Kier alpha value is -4.06. The Morgan fingerprint density at radius 3 is 2.36 bits per heavy atom. The van der Waals surface area contributed by atoms with Gasteiger partial charge in [0.25, 0.3) is 0 Å². The molecule has 0 aliphatic carbocycles. The normalized spacial score (nSPS) is 14.4. The van der Waals surface area contributed by atoms with Crippen LogP contribution in [0.2, 0.25) is 5.02 Å². The lowest BCUT2D eigenvalue weighted by molar-refractivity contribution is -0.133. The van der Waals surface area contributed by atoms with Gasteiger partial charge >= 0.3 is 6.09 Å². The highest BCUT2D eigenvalue weighted by molar-refractivity contribution is 7.15. The van der Waals surface area contributed by atoms with Gasteiger partial charge in [-0.25, -0.2) is 14.8 Å². The molecule has 0 fully saturated rings. The fourth-order valence-corrected chi connectivity index (χ4v) is 7.89. The molecule has 0 saturated carbocycles. The quantitative estimate of drug-likeness (QED) is 0.180. The van der Waals surface area contributed by atoms with Gasteiger partial charge in [-0.2, -0.15) is 0 Å². The molecule has 50 heavy (non-hydrogen) atoms. The van der Waals surface area contributed by atoms with Crippen molar-refractivity contribution in [1.82, 2.24) is 29.2 Å². The van der Waals surface area contributed by atoms with E-state index in [9.17, 15) is 14.4 Å². The molecule has 6 rings (SSSR count). The minimum Gasteiger partial charge on any atom is -0.444 e. The third kappa shape index (κ3) is 7.22. The van der Waals surface area contributed by atoms with Crippen molar-refractivity contribution in [3.05, 3.63) is 80.3 Å². The molecule has 2 aliphatic rings. The highest BCUT2D eigenvalue weighted by Crippen LogP contribution is 2.40. The summed E-state index contributed by atoms with van der Waals surface area (Å²) < 4.78 is 7.40. The summed E-state index contributed by atoms with van der Waals surface area (Å²) in [4.78, 5) is 55.6. The number of hydrogen-bond donors (Lipinski definition) is 0. The second-order valence-electron chi connectivity index (χ2n) is 14.5. The number of likely N-dealkylation sites (N-methyl/N-ethyl adjacent to an activating group) is 1. The van der Waals surface area contributed by atoms with Crippen LogP contribution in [0.5, 0.6) is 0 Å². The molecule has 2 aliphatic heterocycles.